The minimum Gasteiger partial charge on any atom is -0.392 e. The third kappa shape index (κ3) is 3.89. The number of hydrogen-bond acceptors (Lipinski definition) is 2. The van der Waals surface area contributed by atoms with Gasteiger partial charge in [-0.25, -0.2) is 0 Å². The van der Waals surface area contributed by atoms with Crippen LogP contribution >= 0.6 is 15.9 Å². The fraction of sp³-hybridized carbons (Fsp3) is 0.824. The molecule has 0 aromatic carbocycles. The van der Waals surface area contributed by atoms with Gasteiger partial charge < -0.3 is 5.11 Å². The van der Waals surface area contributed by atoms with Gasteiger partial charge >= 0.3 is 0 Å². The highest BCUT2D eigenvalue weighted by Gasteiger charge is 2.27. The van der Waals surface area contributed by atoms with Gasteiger partial charge in [-0.15, -0.1) is 0 Å². The van der Waals surface area contributed by atoms with E-state index < -0.39 is 0 Å². The number of aliphatic hydroxyl groups excluding tert-OH is 1. The Bertz CT molecular complexity index is 450. The van der Waals surface area contributed by atoms with Gasteiger partial charge in [-0.1, -0.05) is 33.1 Å². The lowest BCUT2D eigenvalue weighted by Gasteiger charge is -2.31. The van der Waals surface area contributed by atoms with E-state index in [2.05, 4.69) is 41.8 Å². The number of aryl methyl sites for hydroxylation is 2. The van der Waals surface area contributed by atoms with Crippen molar-refractivity contribution >= 4 is 15.9 Å². The van der Waals surface area contributed by atoms with E-state index in [9.17, 15) is 5.11 Å². The number of rotatable bonds is 6. The molecule has 0 bridgehead atoms. The molecule has 1 unspecified atom stereocenters. The van der Waals surface area contributed by atoms with Gasteiger partial charge in [0.25, 0.3) is 0 Å². The molecular weight excluding hydrogens is 328 g/mol. The van der Waals surface area contributed by atoms with Crippen LogP contribution in [0.5, 0.6) is 0 Å². The molecule has 21 heavy (non-hydrogen) atoms. The Balaban J connectivity index is 2.02. The summed E-state index contributed by atoms with van der Waals surface area (Å²) in [5.74, 6) is 1.35. The first-order valence-electron chi connectivity index (χ1n) is 8.52. The van der Waals surface area contributed by atoms with Crippen molar-refractivity contribution in [2.45, 2.75) is 78.4 Å². The fourth-order valence-corrected chi connectivity index (χ4v) is 4.28. The van der Waals surface area contributed by atoms with Crippen molar-refractivity contribution in [1.29, 1.82) is 0 Å². The number of aromatic nitrogens is 2. The second-order valence-electron chi connectivity index (χ2n) is 6.34. The topological polar surface area (TPSA) is 38.0 Å². The van der Waals surface area contributed by atoms with Crippen molar-refractivity contribution in [2.24, 2.45) is 11.8 Å². The zero-order valence-electron chi connectivity index (χ0n) is 13.6. The number of halogens is 1. The first-order valence-corrected chi connectivity index (χ1v) is 9.31. The van der Waals surface area contributed by atoms with Gasteiger partial charge in [-0.3, -0.25) is 4.68 Å². The third-order valence-corrected chi connectivity index (χ3v) is 6.02. The molecule has 0 aliphatic heterocycles. The third-order valence-electron chi connectivity index (χ3n) is 5.11. The molecule has 120 valence electrons. The highest BCUT2D eigenvalue weighted by Crippen LogP contribution is 2.34. The molecule has 4 heteroatoms. The molecule has 0 radical (unpaired) electrons. The Morgan fingerprint density at radius 3 is 2.43 bits per heavy atom. The van der Waals surface area contributed by atoms with Crippen LogP contribution in [0.25, 0.3) is 0 Å². The maximum absolute atomic E-state index is 10.7. The van der Waals surface area contributed by atoms with Crippen molar-refractivity contribution < 1.29 is 5.11 Å². The highest BCUT2D eigenvalue weighted by atomic mass is 79.9. The van der Waals surface area contributed by atoms with E-state index in [4.69, 9.17) is 0 Å². The van der Waals surface area contributed by atoms with Crippen LogP contribution in [-0.4, -0.2) is 21.0 Å². The number of aliphatic hydroxyl groups is 1. The van der Waals surface area contributed by atoms with E-state index in [0.717, 1.165) is 35.5 Å². The zero-order valence-corrected chi connectivity index (χ0v) is 15.2. The average molecular weight is 357 g/mol. The molecule has 0 spiro atoms. The Morgan fingerprint density at radius 2 is 1.90 bits per heavy atom. The monoisotopic (exact) mass is 356 g/mol. The van der Waals surface area contributed by atoms with Crippen LogP contribution in [0.1, 0.15) is 64.3 Å². The molecule has 1 fully saturated rings. The van der Waals surface area contributed by atoms with Crippen LogP contribution in [0.2, 0.25) is 0 Å². The minimum atomic E-state index is -0.231. The smallest absolute Gasteiger partial charge is 0.0766 e. The molecule has 3 nitrogen and oxygen atoms in total. The van der Waals surface area contributed by atoms with Gasteiger partial charge in [0, 0.05) is 13.0 Å². The summed E-state index contributed by atoms with van der Waals surface area (Å²) >= 11 is 3.68. The van der Waals surface area contributed by atoms with Crippen LogP contribution in [0.4, 0.5) is 0 Å². The summed E-state index contributed by atoms with van der Waals surface area (Å²) in [7, 11) is 0. The molecule has 1 aromatic rings. The molecular formula is C17H29BrN2O. The Morgan fingerprint density at radius 1 is 1.24 bits per heavy atom. The molecule has 1 atom stereocenters. The highest BCUT2D eigenvalue weighted by molar-refractivity contribution is 9.10. The van der Waals surface area contributed by atoms with Crippen LogP contribution < -0.4 is 0 Å². The lowest BCUT2D eigenvalue weighted by molar-refractivity contribution is 0.0717. The summed E-state index contributed by atoms with van der Waals surface area (Å²) in [5.41, 5.74) is 2.27. The second-order valence-corrected chi connectivity index (χ2v) is 7.13. The summed E-state index contributed by atoms with van der Waals surface area (Å²) in [6.07, 6.45) is 7.64. The zero-order chi connectivity index (χ0) is 15.4. The van der Waals surface area contributed by atoms with Gasteiger partial charge in [0.15, 0.2) is 0 Å². The molecule has 2 rings (SSSR count). The van der Waals surface area contributed by atoms with Gasteiger partial charge in [-0.05, 0) is 54.0 Å². The summed E-state index contributed by atoms with van der Waals surface area (Å²) in [6, 6.07) is 0. The first-order chi connectivity index (χ1) is 10.1. The van der Waals surface area contributed by atoms with Crippen molar-refractivity contribution in [3.05, 3.63) is 15.9 Å². The summed E-state index contributed by atoms with van der Waals surface area (Å²) in [6.45, 7) is 7.38. The fourth-order valence-electron chi connectivity index (χ4n) is 3.56. The molecule has 1 aromatic heterocycles. The first kappa shape index (κ1) is 17.0. The molecule has 1 aliphatic carbocycles. The summed E-state index contributed by atoms with van der Waals surface area (Å²) in [4.78, 5) is 0. The maximum Gasteiger partial charge on any atom is 0.0766 e. The predicted molar refractivity (Wildman–Crippen MR) is 90.4 cm³/mol. The van der Waals surface area contributed by atoms with E-state index in [1.807, 2.05) is 4.68 Å². The summed E-state index contributed by atoms with van der Waals surface area (Å²) in [5, 5.41) is 15.3. The molecule has 0 saturated heterocycles. The largest absolute Gasteiger partial charge is 0.392 e. The van der Waals surface area contributed by atoms with Gasteiger partial charge in [0.1, 0.15) is 0 Å². The SMILES string of the molecule is CCc1nn(CC)c(CC(O)C2CCC(CC)CC2)c1Br. The molecule has 1 aliphatic rings. The lowest BCUT2D eigenvalue weighted by atomic mass is 9.77. The standard InChI is InChI=1S/C17H29BrN2O/c1-4-12-7-9-13(10-8-12)16(21)11-15-17(18)14(5-2)19-20(15)6-3/h12-13,16,21H,4-11H2,1-3H3. The van der Waals surface area contributed by atoms with Crippen molar-refractivity contribution in [3.63, 3.8) is 0 Å². The molecule has 1 heterocycles. The van der Waals surface area contributed by atoms with E-state index >= 15 is 0 Å². The van der Waals surface area contributed by atoms with E-state index in [1.165, 1.54) is 37.8 Å². The minimum absolute atomic E-state index is 0.231. The Kier molecular flexibility index (Phi) is 6.30. The van der Waals surface area contributed by atoms with Crippen LogP contribution in [0, 0.1) is 11.8 Å². The maximum atomic E-state index is 10.7. The van der Waals surface area contributed by atoms with Crippen molar-refractivity contribution in [3.8, 4) is 0 Å². The van der Waals surface area contributed by atoms with Crippen LogP contribution in [0.15, 0.2) is 4.47 Å². The Hall–Kier alpha value is -0.350. The normalized spacial score (nSPS) is 24.2. The van der Waals surface area contributed by atoms with E-state index in [1.54, 1.807) is 0 Å². The van der Waals surface area contributed by atoms with Gasteiger partial charge in [0.2, 0.25) is 0 Å². The van der Waals surface area contributed by atoms with E-state index in [-0.39, 0.29) is 6.10 Å². The van der Waals surface area contributed by atoms with Crippen LogP contribution in [0.3, 0.4) is 0 Å². The number of hydrogen-bond donors (Lipinski definition) is 1. The predicted octanol–water partition coefficient (Wildman–Crippen LogP) is 4.35. The van der Waals surface area contributed by atoms with Gasteiger partial charge in [-0.2, -0.15) is 5.10 Å². The number of nitrogens with zero attached hydrogens (tertiary/aromatic N) is 2. The van der Waals surface area contributed by atoms with Crippen molar-refractivity contribution in [1.82, 2.24) is 9.78 Å². The quantitative estimate of drug-likeness (QED) is 0.822. The van der Waals surface area contributed by atoms with Gasteiger partial charge in [0.05, 0.1) is 22.0 Å². The van der Waals surface area contributed by atoms with E-state index in [0.29, 0.717) is 5.92 Å². The average Bonchev–Trinajstić information content (AvgIpc) is 2.83. The lowest BCUT2D eigenvalue weighted by Crippen LogP contribution is -2.28. The molecule has 1 saturated carbocycles. The second kappa shape index (κ2) is 7.77. The Labute approximate surface area is 137 Å². The molecule has 0 amide bonds. The molecule has 1 N–H and O–H groups in total. The van der Waals surface area contributed by atoms with Crippen molar-refractivity contribution in [2.75, 3.05) is 0 Å². The van der Waals surface area contributed by atoms with Crippen LogP contribution in [-0.2, 0) is 19.4 Å². The summed E-state index contributed by atoms with van der Waals surface area (Å²) < 4.78 is 3.15.